The maximum Gasteiger partial charge on any atom is 0.437 e. The summed E-state index contributed by atoms with van der Waals surface area (Å²) in [5.74, 6) is -1.79. The fourth-order valence-electron chi connectivity index (χ4n) is 2.80. The van der Waals surface area contributed by atoms with Crippen LogP contribution >= 0.6 is 0 Å². The molecule has 1 aromatic heterocycles. The van der Waals surface area contributed by atoms with Gasteiger partial charge in [0, 0.05) is 17.5 Å². The van der Waals surface area contributed by atoms with Crippen LogP contribution in [0.2, 0.25) is 0 Å². The van der Waals surface area contributed by atoms with Crippen molar-refractivity contribution >= 4 is 27.8 Å². The van der Waals surface area contributed by atoms with Gasteiger partial charge in [-0.1, -0.05) is 22.2 Å². The molecule has 0 fully saturated rings. The van der Waals surface area contributed by atoms with Gasteiger partial charge < -0.3 is 19.7 Å². The maximum atomic E-state index is 13.7. The Morgan fingerprint density at radius 3 is 2.68 bits per heavy atom. The van der Waals surface area contributed by atoms with E-state index in [1.807, 2.05) is 0 Å². The third-order valence-electron chi connectivity index (χ3n) is 4.02. The Hall–Kier alpha value is -3.51. The lowest BCUT2D eigenvalue weighted by molar-refractivity contribution is 0.206. The van der Waals surface area contributed by atoms with Crippen molar-refractivity contribution in [3.8, 4) is 17.1 Å². The Labute approximate surface area is 177 Å². The third kappa shape index (κ3) is 5.77. The van der Waals surface area contributed by atoms with Crippen molar-refractivity contribution in [2.45, 2.75) is 5.75 Å². The van der Waals surface area contributed by atoms with Crippen molar-refractivity contribution in [2.24, 2.45) is 4.36 Å². The van der Waals surface area contributed by atoms with Gasteiger partial charge in [-0.2, -0.15) is 9.35 Å². The molecule has 0 aliphatic rings. The number of ether oxygens (including phenoxy) is 1. The van der Waals surface area contributed by atoms with Gasteiger partial charge in [0.2, 0.25) is 5.95 Å². The predicted octanol–water partition coefficient (Wildman–Crippen LogP) is 3.92. The molecule has 3 N–H and O–H groups in total. The van der Waals surface area contributed by atoms with Gasteiger partial charge >= 0.3 is 6.09 Å². The van der Waals surface area contributed by atoms with Crippen molar-refractivity contribution < 1.29 is 28.0 Å². The summed E-state index contributed by atoms with van der Waals surface area (Å²) in [6.07, 6.45) is 1.18. The molecule has 31 heavy (non-hydrogen) atoms. The highest BCUT2D eigenvalue weighted by Gasteiger charge is 2.15. The van der Waals surface area contributed by atoms with Crippen molar-refractivity contribution in [1.29, 1.82) is 0 Å². The zero-order chi connectivity index (χ0) is 22.6. The summed E-state index contributed by atoms with van der Waals surface area (Å²) < 4.78 is 45.8. The van der Waals surface area contributed by atoms with Crippen molar-refractivity contribution in [1.82, 2.24) is 15.0 Å². The monoisotopic (exact) mass is 451 g/mol. The lowest BCUT2D eigenvalue weighted by Gasteiger charge is -2.17. The summed E-state index contributed by atoms with van der Waals surface area (Å²) >= 11 is 0. The van der Waals surface area contributed by atoms with E-state index in [0.717, 1.165) is 12.1 Å². The molecule has 9 nitrogen and oxygen atoms in total. The SMILES string of the molecule is COc1cc(F)c(F)cc1-c1ncnc(Nc2cccc(C[SH](C)(O)=NC(=O)O)c2)n1. The summed E-state index contributed by atoms with van der Waals surface area (Å²) in [5, 5.41) is 11.7. The number of nitrogens with zero attached hydrogens (tertiary/aromatic N) is 4. The highest BCUT2D eigenvalue weighted by atomic mass is 32.3. The van der Waals surface area contributed by atoms with Crippen LogP contribution in [0.3, 0.4) is 0 Å². The smallest absolute Gasteiger partial charge is 0.437 e. The average Bonchev–Trinajstić information content (AvgIpc) is 2.68. The molecule has 1 amide bonds. The van der Waals surface area contributed by atoms with Crippen molar-refractivity contribution in [2.75, 3.05) is 18.7 Å². The quantitative estimate of drug-likeness (QED) is 0.415. The minimum absolute atomic E-state index is 0.0615. The lowest BCUT2D eigenvalue weighted by Crippen LogP contribution is -2.13. The van der Waals surface area contributed by atoms with Crippen molar-refractivity contribution in [3.63, 3.8) is 0 Å². The number of hydrogen-bond donors (Lipinski definition) is 4. The van der Waals surface area contributed by atoms with Gasteiger partial charge in [0.05, 0.1) is 12.7 Å². The molecule has 1 heterocycles. The molecular weight excluding hydrogens is 432 g/mol. The first-order valence-corrected chi connectivity index (χ1v) is 11.1. The first-order chi connectivity index (χ1) is 14.7. The number of benzene rings is 2. The van der Waals surface area contributed by atoms with E-state index < -0.39 is 27.8 Å². The molecule has 0 radical (unpaired) electrons. The highest BCUT2D eigenvalue weighted by Crippen LogP contribution is 2.30. The van der Waals surface area contributed by atoms with Gasteiger partial charge in [-0.25, -0.2) is 23.5 Å². The number of carboxylic acid groups (broad SMARTS) is 1. The largest absolute Gasteiger partial charge is 0.496 e. The molecule has 2 aromatic carbocycles. The Morgan fingerprint density at radius 2 is 1.97 bits per heavy atom. The molecule has 0 bridgehead atoms. The summed E-state index contributed by atoms with van der Waals surface area (Å²) in [7, 11) is -1.70. The number of anilines is 2. The van der Waals surface area contributed by atoms with E-state index in [-0.39, 0.29) is 28.8 Å². The average molecular weight is 451 g/mol. The number of rotatable bonds is 6. The van der Waals surface area contributed by atoms with Gasteiger partial charge in [0.1, 0.15) is 12.1 Å². The minimum atomic E-state index is -3.01. The highest BCUT2D eigenvalue weighted by molar-refractivity contribution is 7.98. The molecule has 0 aliphatic heterocycles. The Bertz CT molecular complexity index is 1190. The number of thiol groups is 1. The normalized spacial score (nSPS) is 11.6. The fourth-order valence-corrected chi connectivity index (χ4v) is 4.13. The maximum absolute atomic E-state index is 13.7. The zero-order valence-electron chi connectivity index (χ0n) is 16.5. The molecular formula is C19H19F2N5O4S. The van der Waals surface area contributed by atoms with Crippen LogP contribution in [0.15, 0.2) is 47.1 Å². The second-order valence-electron chi connectivity index (χ2n) is 6.55. The predicted molar refractivity (Wildman–Crippen MR) is 113 cm³/mol. The summed E-state index contributed by atoms with van der Waals surface area (Å²) in [6.45, 7) is 0. The summed E-state index contributed by atoms with van der Waals surface area (Å²) in [4.78, 5) is 23.0. The van der Waals surface area contributed by atoms with Crippen molar-refractivity contribution in [3.05, 3.63) is 59.9 Å². The molecule has 0 saturated heterocycles. The van der Waals surface area contributed by atoms with E-state index in [1.54, 1.807) is 24.3 Å². The van der Waals surface area contributed by atoms with Gasteiger partial charge in [-0.15, -0.1) is 0 Å². The molecule has 0 aliphatic carbocycles. The van der Waals surface area contributed by atoms with Gasteiger partial charge in [0.25, 0.3) is 0 Å². The zero-order valence-corrected chi connectivity index (χ0v) is 17.3. The van der Waals surface area contributed by atoms with E-state index in [2.05, 4.69) is 24.6 Å². The fraction of sp³-hybridized carbons (Fsp3) is 0.158. The first-order valence-electron chi connectivity index (χ1n) is 8.80. The molecule has 12 heteroatoms. The van der Waals surface area contributed by atoms with Crippen LogP contribution in [-0.2, 0) is 15.9 Å². The van der Waals surface area contributed by atoms with Crippen LogP contribution < -0.4 is 10.1 Å². The standard InChI is InChI=1S/C19H19F2N5O4S/c1-30-16-8-15(21)14(20)7-13(16)17-22-10-23-18(25-17)24-12-5-3-4-11(6-12)9-31(2,29)26-19(27)28/h3-8,10,31H,9H2,1-2H3,(H,26,29)(H,27,28)(H,22,23,24,25). The summed E-state index contributed by atoms with van der Waals surface area (Å²) in [6, 6.07) is 8.68. The van der Waals surface area contributed by atoms with E-state index in [9.17, 15) is 18.1 Å². The minimum Gasteiger partial charge on any atom is -0.496 e. The van der Waals surface area contributed by atoms with E-state index in [4.69, 9.17) is 9.84 Å². The van der Waals surface area contributed by atoms with Gasteiger partial charge in [0.15, 0.2) is 17.5 Å². The topological polar surface area (TPSA) is 130 Å². The third-order valence-corrected chi connectivity index (χ3v) is 5.59. The van der Waals surface area contributed by atoms with Crippen LogP contribution in [-0.4, -0.2) is 44.1 Å². The first kappa shape index (κ1) is 22.2. The molecule has 164 valence electrons. The molecule has 3 rings (SSSR count). The number of hydrogen-bond acceptors (Lipinski definition) is 6. The van der Waals surface area contributed by atoms with Crippen LogP contribution in [0.1, 0.15) is 5.56 Å². The van der Waals surface area contributed by atoms with Gasteiger partial charge in [-0.05, 0) is 30.0 Å². The van der Waals surface area contributed by atoms with Crippen LogP contribution in [0.25, 0.3) is 11.4 Å². The number of halogens is 2. The molecule has 3 aromatic rings. The number of aromatic nitrogens is 3. The number of nitrogens with one attached hydrogen (secondary N) is 1. The molecule has 0 unspecified atom stereocenters. The van der Waals surface area contributed by atoms with E-state index in [0.29, 0.717) is 11.3 Å². The Kier molecular flexibility index (Phi) is 6.51. The lowest BCUT2D eigenvalue weighted by atomic mass is 10.1. The second-order valence-corrected chi connectivity index (χ2v) is 9.25. The second kappa shape index (κ2) is 9.10. The van der Waals surface area contributed by atoms with Crippen LogP contribution in [0, 0.1) is 11.6 Å². The number of amides is 1. The molecule has 0 spiro atoms. The van der Waals surface area contributed by atoms with E-state index >= 15 is 0 Å². The van der Waals surface area contributed by atoms with Crippen LogP contribution in [0.5, 0.6) is 5.75 Å². The Balaban J connectivity index is 1.87. The van der Waals surface area contributed by atoms with Crippen LogP contribution in [0.4, 0.5) is 25.2 Å². The Morgan fingerprint density at radius 1 is 1.23 bits per heavy atom. The molecule has 0 atom stereocenters. The summed E-state index contributed by atoms with van der Waals surface area (Å²) in [5.41, 5.74) is 1.36. The van der Waals surface area contributed by atoms with Gasteiger partial charge in [-0.3, -0.25) is 0 Å². The molecule has 0 saturated carbocycles. The van der Waals surface area contributed by atoms with E-state index in [1.165, 1.54) is 19.7 Å². The number of carbonyl (C=O) groups is 1. The number of methoxy groups -OCH3 is 1.